The fourth-order valence-electron chi connectivity index (χ4n) is 1.66. The summed E-state index contributed by atoms with van der Waals surface area (Å²) in [6, 6.07) is 9.90. The topological polar surface area (TPSA) is 64.3 Å². The molecule has 0 spiro atoms. The summed E-state index contributed by atoms with van der Waals surface area (Å²) in [5.41, 5.74) is 7.95. The number of halogens is 2. The van der Waals surface area contributed by atoms with Gasteiger partial charge < -0.3 is 15.8 Å². The summed E-state index contributed by atoms with van der Waals surface area (Å²) in [4.78, 5) is 11.4. The van der Waals surface area contributed by atoms with Gasteiger partial charge in [0.15, 0.2) is 0 Å². The van der Waals surface area contributed by atoms with Crippen molar-refractivity contribution in [3.8, 4) is 0 Å². The maximum Gasteiger partial charge on any atom is 0.337 e. The highest BCUT2D eigenvalue weighted by atomic mass is 35.5. The zero-order chi connectivity index (χ0) is 14.7. The number of ether oxygens (including phenoxy) is 1. The first kappa shape index (κ1) is 14.5. The third kappa shape index (κ3) is 3.15. The molecule has 0 saturated heterocycles. The Morgan fingerprint density at radius 3 is 2.55 bits per heavy atom. The van der Waals surface area contributed by atoms with Crippen molar-refractivity contribution >= 4 is 46.2 Å². The van der Waals surface area contributed by atoms with Crippen molar-refractivity contribution in [1.82, 2.24) is 0 Å². The van der Waals surface area contributed by atoms with E-state index in [1.807, 2.05) is 0 Å². The Balaban J connectivity index is 2.30. The minimum absolute atomic E-state index is 0.382. The largest absolute Gasteiger partial charge is 0.465 e. The second-order valence-corrected chi connectivity index (χ2v) is 4.89. The number of esters is 1. The van der Waals surface area contributed by atoms with E-state index in [1.54, 1.807) is 30.3 Å². The number of methoxy groups -OCH3 is 1. The normalized spacial score (nSPS) is 10.2. The van der Waals surface area contributed by atoms with Gasteiger partial charge >= 0.3 is 5.97 Å². The summed E-state index contributed by atoms with van der Waals surface area (Å²) < 4.78 is 4.63. The minimum Gasteiger partial charge on any atom is -0.465 e. The molecule has 0 atom stereocenters. The van der Waals surface area contributed by atoms with Crippen molar-refractivity contribution in [1.29, 1.82) is 0 Å². The molecule has 0 radical (unpaired) electrons. The average molecular weight is 311 g/mol. The Morgan fingerprint density at radius 1 is 1.15 bits per heavy atom. The standard InChI is InChI=1S/C14H12Cl2N2O2/c1-20-14(19)8-2-5-12(11(17)6-8)18-13-7-9(15)3-4-10(13)16/h2-7,18H,17H2,1H3. The molecule has 0 aliphatic rings. The number of nitrogens with two attached hydrogens (primary N) is 1. The number of nitrogen functional groups attached to an aromatic ring is 1. The van der Waals surface area contributed by atoms with Crippen LogP contribution >= 0.6 is 23.2 Å². The van der Waals surface area contributed by atoms with Crippen molar-refractivity contribution in [2.75, 3.05) is 18.2 Å². The van der Waals surface area contributed by atoms with Gasteiger partial charge in [-0.05, 0) is 36.4 Å². The molecule has 0 amide bonds. The van der Waals surface area contributed by atoms with Gasteiger partial charge in [0, 0.05) is 5.02 Å². The van der Waals surface area contributed by atoms with Crippen LogP contribution in [-0.2, 0) is 4.74 Å². The molecule has 20 heavy (non-hydrogen) atoms. The molecule has 0 aromatic heterocycles. The lowest BCUT2D eigenvalue weighted by Crippen LogP contribution is -2.04. The van der Waals surface area contributed by atoms with E-state index in [4.69, 9.17) is 28.9 Å². The quantitative estimate of drug-likeness (QED) is 0.661. The van der Waals surface area contributed by atoms with Gasteiger partial charge in [0.1, 0.15) is 0 Å². The summed E-state index contributed by atoms with van der Waals surface area (Å²) in [5, 5.41) is 4.15. The molecular formula is C14H12Cl2N2O2. The smallest absolute Gasteiger partial charge is 0.337 e. The summed E-state index contributed by atoms with van der Waals surface area (Å²) in [6.07, 6.45) is 0. The van der Waals surface area contributed by atoms with E-state index in [0.717, 1.165) is 0 Å². The number of hydrogen-bond donors (Lipinski definition) is 2. The van der Waals surface area contributed by atoms with E-state index in [-0.39, 0.29) is 0 Å². The van der Waals surface area contributed by atoms with Gasteiger partial charge in [0.2, 0.25) is 0 Å². The number of nitrogens with one attached hydrogen (secondary N) is 1. The Labute approximate surface area is 126 Å². The molecule has 2 aromatic carbocycles. The molecule has 0 fully saturated rings. The highest BCUT2D eigenvalue weighted by Gasteiger charge is 2.09. The molecular weight excluding hydrogens is 299 g/mol. The molecule has 2 rings (SSSR count). The van der Waals surface area contributed by atoms with Crippen molar-refractivity contribution in [3.05, 3.63) is 52.0 Å². The Kier molecular flexibility index (Phi) is 4.37. The van der Waals surface area contributed by atoms with E-state index in [2.05, 4.69) is 10.1 Å². The van der Waals surface area contributed by atoms with E-state index >= 15 is 0 Å². The van der Waals surface area contributed by atoms with Crippen LogP contribution in [0.4, 0.5) is 17.1 Å². The molecule has 0 bridgehead atoms. The molecule has 2 aromatic rings. The molecule has 0 aliphatic heterocycles. The van der Waals surface area contributed by atoms with Crippen molar-refractivity contribution < 1.29 is 9.53 Å². The van der Waals surface area contributed by atoms with E-state index in [0.29, 0.717) is 32.7 Å². The molecule has 0 aliphatic carbocycles. The lowest BCUT2D eigenvalue weighted by Gasteiger charge is -2.12. The average Bonchev–Trinajstić information content (AvgIpc) is 2.44. The van der Waals surface area contributed by atoms with Crippen LogP contribution in [0.2, 0.25) is 10.0 Å². The number of carbonyl (C=O) groups is 1. The van der Waals surface area contributed by atoms with Crippen LogP contribution in [-0.4, -0.2) is 13.1 Å². The summed E-state index contributed by atoms with van der Waals surface area (Å²) in [7, 11) is 1.32. The first-order valence-electron chi connectivity index (χ1n) is 5.71. The first-order valence-corrected chi connectivity index (χ1v) is 6.47. The second kappa shape index (κ2) is 6.03. The summed E-state index contributed by atoms with van der Waals surface area (Å²) in [6.45, 7) is 0. The zero-order valence-electron chi connectivity index (χ0n) is 10.6. The van der Waals surface area contributed by atoms with Crippen LogP contribution in [0.3, 0.4) is 0 Å². The number of rotatable bonds is 3. The molecule has 4 nitrogen and oxygen atoms in total. The van der Waals surface area contributed by atoms with Gasteiger partial charge in [-0.25, -0.2) is 4.79 Å². The van der Waals surface area contributed by atoms with Crippen molar-refractivity contribution in [2.45, 2.75) is 0 Å². The highest BCUT2D eigenvalue weighted by Crippen LogP contribution is 2.31. The number of hydrogen-bond acceptors (Lipinski definition) is 4. The third-order valence-electron chi connectivity index (χ3n) is 2.67. The minimum atomic E-state index is -0.441. The van der Waals surface area contributed by atoms with Gasteiger partial charge in [0.25, 0.3) is 0 Å². The summed E-state index contributed by atoms with van der Waals surface area (Å²) in [5.74, 6) is -0.441. The predicted molar refractivity (Wildman–Crippen MR) is 81.9 cm³/mol. The Hall–Kier alpha value is -1.91. The van der Waals surface area contributed by atoms with Gasteiger partial charge in [0.05, 0.1) is 34.8 Å². The lowest BCUT2D eigenvalue weighted by molar-refractivity contribution is 0.0601. The van der Waals surface area contributed by atoms with Gasteiger partial charge in [-0.15, -0.1) is 0 Å². The van der Waals surface area contributed by atoms with Gasteiger partial charge in [-0.1, -0.05) is 23.2 Å². The number of benzene rings is 2. The maximum atomic E-state index is 11.4. The monoisotopic (exact) mass is 310 g/mol. The fourth-order valence-corrected chi connectivity index (χ4v) is 2.00. The second-order valence-electron chi connectivity index (χ2n) is 4.04. The first-order chi connectivity index (χ1) is 9.51. The van der Waals surface area contributed by atoms with Crippen molar-refractivity contribution in [2.24, 2.45) is 0 Å². The number of carbonyl (C=O) groups excluding carboxylic acids is 1. The van der Waals surface area contributed by atoms with E-state index in [1.165, 1.54) is 13.2 Å². The molecule has 6 heteroatoms. The van der Waals surface area contributed by atoms with Gasteiger partial charge in [-0.2, -0.15) is 0 Å². The number of anilines is 3. The van der Waals surface area contributed by atoms with Crippen LogP contribution in [0.15, 0.2) is 36.4 Å². The molecule has 0 heterocycles. The molecule has 0 saturated carbocycles. The predicted octanol–water partition coefficient (Wildman–Crippen LogP) is 4.11. The Bertz CT molecular complexity index is 660. The zero-order valence-corrected chi connectivity index (χ0v) is 12.1. The van der Waals surface area contributed by atoms with E-state index < -0.39 is 5.97 Å². The highest BCUT2D eigenvalue weighted by molar-refractivity contribution is 6.35. The SMILES string of the molecule is COC(=O)c1ccc(Nc2cc(Cl)ccc2Cl)c(N)c1. The van der Waals surface area contributed by atoms with Crippen LogP contribution in [0.1, 0.15) is 10.4 Å². The van der Waals surface area contributed by atoms with Crippen LogP contribution in [0.25, 0.3) is 0 Å². The molecule has 3 N–H and O–H groups in total. The van der Waals surface area contributed by atoms with E-state index in [9.17, 15) is 4.79 Å². The Morgan fingerprint density at radius 2 is 1.90 bits per heavy atom. The molecule has 0 unspecified atom stereocenters. The fraction of sp³-hybridized carbons (Fsp3) is 0.0714. The third-order valence-corrected chi connectivity index (χ3v) is 3.24. The maximum absolute atomic E-state index is 11.4. The van der Waals surface area contributed by atoms with Crippen LogP contribution in [0, 0.1) is 0 Å². The van der Waals surface area contributed by atoms with Crippen molar-refractivity contribution in [3.63, 3.8) is 0 Å². The van der Waals surface area contributed by atoms with Crippen LogP contribution < -0.4 is 11.1 Å². The molecule has 104 valence electrons. The van der Waals surface area contributed by atoms with Gasteiger partial charge in [-0.3, -0.25) is 0 Å². The summed E-state index contributed by atoms with van der Waals surface area (Å²) >= 11 is 12.0. The van der Waals surface area contributed by atoms with Crippen LogP contribution in [0.5, 0.6) is 0 Å². The lowest BCUT2D eigenvalue weighted by atomic mass is 10.1.